The Balaban J connectivity index is 1.56. The molecule has 2 fully saturated rings. The van der Waals surface area contributed by atoms with Crippen LogP contribution in [0.1, 0.15) is 48.9 Å². The molecule has 1 saturated carbocycles. The van der Waals surface area contributed by atoms with Gasteiger partial charge in [0.2, 0.25) is 10.0 Å². The van der Waals surface area contributed by atoms with E-state index in [1.165, 1.54) is 23.2 Å². The maximum atomic E-state index is 14.4. The third kappa shape index (κ3) is 4.34. The highest BCUT2D eigenvalue weighted by atomic mass is 32.2. The molecule has 4 rings (SSSR count). The number of amides is 1. The Bertz CT molecular complexity index is 1030. The molecule has 160 valence electrons. The zero-order chi connectivity index (χ0) is 21.1. The van der Waals surface area contributed by atoms with Crippen molar-refractivity contribution in [3.05, 3.63) is 53.8 Å². The van der Waals surface area contributed by atoms with Gasteiger partial charge in [0.1, 0.15) is 10.7 Å². The second-order valence-electron chi connectivity index (χ2n) is 7.88. The fourth-order valence-electron chi connectivity index (χ4n) is 4.11. The van der Waals surface area contributed by atoms with Gasteiger partial charge >= 0.3 is 0 Å². The Kier molecular flexibility index (Phi) is 6.06. The number of para-hydroxylation sites is 2. The number of halogens is 1. The van der Waals surface area contributed by atoms with Crippen LogP contribution in [0.3, 0.4) is 0 Å². The Morgan fingerprint density at radius 3 is 2.33 bits per heavy atom. The average Bonchev–Trinajstić information content (AvgIpc) is 3.44. The molecule has 30 heavy (non-hydrogen) atoms. The van der Waals surface area contributed by atoms with Gasteiger partial charge in [-0.1, -0.05) is 25.0 Å². The number of carbonyl (C=O) groups is 1. The molecule has 2 aliphatic rings. The van der Waals surface area contributed by atoms with Crippen molar-refractivity contribution in [3.8, 4) is 0 Å². The first-order valence-electron chi connectivity index (χ1n) is 10.4. The summed E-state index contributed by atoms with van der Waals surface area (Å²) in [7, 11) is -3.96. The third-order valence-electron chi connectivity index (χ3n) is 5.77. The molecule has 0 unspecified atom stereocenters. The number of anilines is 2. The largest absolute Gasteiger partial charge is 0.381 e. The van der Waals surface area contributed by atoms with Crippen molar-refractivity contribution in [1.29, 1.82) is 0 Å². The van der Waals surface area contributed by atoms with E-state index in [1.807, 2.05) is 18.2 Å². The Morgan fingerprint density at radius 2 is 1.63 bits per heavy atom. The summed E-state index contributed by atoms with van der Waals surface area (Å²) in [6, 6.07) is 11.3. The number of benzene rings is 2. The maximum Gasteiger partial charge on any atom is 0.255 e. The van der Waals surface area contributed by atoms with E-state index in [0.29, 0.717) is 24.8 Å². The Labute approximate surface area is 176 Å². The van der Waals surface area contributed by atoms with Gasteiger partial charge in [-0.25, -0.2) is 12.8 Å². The molecular formula is C22H26FN3O3S. The van der Waals surface area contributed by atoms with Gasteiger partial charge in [-0.3, -0.25) is 4.79 Å². The van der Waals surface area contributed by atoms with E-state index in [4.69, 9.17) is 0 Å². The molecule has 1 amide bonds. The first-order valence-corrected chi connectivity index (χ1v) is 11.9. The van der Waals surface area contributed by atoms with Gasteiger partial charge < -0.3 is 10.6 Å². The molecule has 1 heterocycles. The number of nitrogens with zero attached hydrogens (tertiary/aromatic N) is 1. The summed E-state index contributed by atoms with van der Waals surface area (Å²) in [6.07, 6.45) is 6.08. The van der Waals surface area contributed by atoms with Crippen molar-refractivity contribution in [2.45, 2.75) is 49.5 Å². The SMILES string of the molecule is O=C(Nc1ccccc1NC1CCCC1)c1ccc(F)c(S(=O)(=O)N2CCCC2)c1. The minimum Gasteiger partial charge on any atom is -0.381 e. The fourth-order valence-corrected chi connectivity index (χ4v) is 5.72. The second-order valence-corrected chi connectivity index (χ2v) is 9.79. The van der Waals surface area contributed by atoms with Crippen molar-refractivity contribution < 1.29 is 17.6 Å². The van der Waals surface area contributed by atoms with E-state index in [2.05, 4.69) is 10.6 Å². The minimum absolute atomic E-state index is 0.102. The van der Waals surface area contributed by atoms with E-state index in [0.717, 1.165) is 43.5 Å². The average molecular weight is 432 g/mol. The van der Waals surface area contributed by atoms with Crippen molar-refractivity contribution in [1.82, 2.24) is 4.31 Å². The summed E-state index contributed by atoms with van der Waals surface area (Å²) in [5.74, 6) is -1.32. The van der Waals surface area contributed by atoms with Crippen LogP contribution in [0, 0.1) is 5.82 Å². The van der Waals surface area contributed by atoms with Gasteiger partial charge in [0.25, 0.3) is 5.91 Å². The van der Waals surface area contributed by atoms with Crippen LogP contribution in [0.2, 0.25) is 0 Å². The van der Waals surface area contributed by atoms with Crippen LogP contribution in [-0.2, 0) is 10.0 Å². The molecule has 2 N–H and O–H groups in total. The zero-order valence-corrected chi connectivity index (χ0v) is 17.6. The van der Waals surface area contributed by atoms with E-state index < -0.39 is 26.6 Å². The molecular weight excluding hydrogens is 405 g/mol. The summed E-state index contributed by atoms with van der Waals surface area (Å²) in [4.78, 5) is 12.4. The third-order valence-corrected chi connectivity index (χ3v) is 7.68. The molecule has 0 aromatic heterocycles. The molecule has 0 atom stereocenters. The molecule has 0 spiro atoms. The summed E-state index contributed by atoms with van der Waals surface area (Å²) in [5.41, 5.74) is 1.54. The number of rotatable bonds is 6. The van der Waals surface area contributed by atoms with E-state index in [1.54, 1.807) is 6.07 Å². The van der Waals surface area contributed by atoms with Gasteiger partial charge in [0.05, 0.1) is 11.4 Å². The molecule has 6 nitrogen and oxygen atoms in total. The molecule has 0 bridgehead atoms. The number of sulfonamides is 1. The van der Waals surface area contributed by atoms with Gasteiger partial charge in [-0.2, -0.15) is 4.31 Å². The normalized spacial score (nSPS) is 17.9. The Hall–Kier alpha value is -2.45. The van der Waals surface area contributed by atoms with Gasteiger partial charge in [-0.05, 0) is 56.0 Å². The highest BCUT2D eigenvalue weighted by Gasteiger charge is 2.30. The van der Waals surface area contributed by atoms with Crippen LogP contribution in [0.25, 0.3) is 0 Å². The highest BCUT2D eigenvalue weighted by molar-refractivity contribution is 7.89. The summed E-state index contributed by atoms with van der Waals surface area (Å²) >= 11 is 0. The zero-order valence-electron chi connectivity index (χ0n) is 16.7. The van der Waals surface area contributed by atoms with E-state index in [9.17, 15) is 17.6 Å². The Morgan fingerprint density at radius 1 is 0.967 bits per heavy atom. The molecule has 2 aromatic carbocycles. The van der Waals surface area contributed by atoms with Crippen LogP contribution in [0.5, 0.6) is 0 Å². The quantitative estimate of drug-likeness (QED) is 0.718. The molecule has 8 heteroatoms. The monoisotopic (exact) mass is 431 g/mol. The molecule has 1 aliphatic heterocycles. The minimum atomic E-state index is -3.96. The van der Waals surface area contributed by atoms with Gasteiger partial charge in [0.15, 0.2) is 0 Å². The fraction of sp³-hybridized carbons (Fsp3) is 0.409. The summed E-state index contributed by atoms with van der Waals surface area (Å²) < 4.78 is 41.2. The lowest BCUT2D eigenvalue weighted by Gasteiger charge is -2.18. The van der Waals surface area contributed by atoms with Crippen molar-refractivity contribution in [2.24, 2.45) is 0 Å². The number of hydrogen-bond acceptors (Lipinski definition) is 4. The molecule has 2 aromatic rings. The van der Waals surface area contributed by atoms with Gasteiger partial charge in [0, 0.05) is 24.7 Å². The van der Waals surface area contributed by atoms with E-state index in [-0.39, 0.29) is 5.56 Å². The van der Waals surface area contributed by atoms with Crippen LogP contribution in [0.15, 0.2) is 47.4 Å². The molecule has 0 radical (unpaired) electrons. The smallest absolute Gasteiger partial charge is 0.255 e. The number of nitrogens with one attached hydrogen (secondary N) is 2. The predicted molar refractivity (Wildman–Crippen MR) is 115 cm³/mol. The lowest BCUT2D eigenvalue weighted by atomic mass is 10.1. The van der Waals surface area contributed by atoms with Crippen molar-refractivity contribution >= 4 is 27.3 Å². The first-order chi connectivity index (χ1) is 14.4. The predicted octanol–water partition coefficient (Wildman–Crippen LogP) is 4.22. The second kappa shape index (κ2) is 8.73. The van der Waals surface area contributed by atoms with E-state index >= 15 is 0 Å². The highest BCUT2D eigenvalue weighted by Crippen LogP contribution is 2.28. The maximum absolute atomic E-state index is 14.4. The van der Waals surface area contributed by atoms with Crippen molar-refractivity contribution in [2.75, 3.05) is 23.7 Å². The number of carbonyl (C=O) groups excluding carboxylic acids is 1. The first kappa shape index (κ1) is 20.8. The standard InChI is InChI=1S/C22H26FN3O3S/c23-18-12-11-16(15-21(18)30(28,29)26-13-5-6-14-26)22(27)25-20-10-4-3-9-19(20)24-17-7-1-2-8-17/h3-4,9-12,15,17,24H,1-2,5-8,13-14H2,(H,25,27). The van der Waals surface area contributed by atoms with Gasteiger partial charge in [-0.15, -0.1) is 0 Å². The number of hydrogen-bond donors (Lipinski definition) is 2. The topological polar surface area (TPSA) is 78.5 Å². The van der Waals surface area contributed by atoms with Crippen LogP contribution in [0.4, 0.5) is 15.8 Å². The van der Waals surface area contributed by atoms with Crippen molar-refractivity contribution in [3.63, 3.8) is 0 Å². The van der Waals surface area contributed by atoms with Crippen LogP contribution < -0.4 is 10.6 Å². The lowest BCUT2D eigenvalue weighted by molar-refractivity contribution is 0.102. The molecule has 1 saturated heterocycles. The molecule has 1 aliphatic carbocycles. The lowest BCUT2D eigenvalue weighted by Crippen LogP contribution is -2.29. The summed E-state index contributed by atoms with van der Waals surface area (Å²) in [6.45, 7) is 0.747. The summed E-state index contributed by atoms with van der Waals surface area (Å²) in [5, 5.41) is 6.31. The van der Waals surface area contributed by atoms with Crippen LogP contribution in [-0.4, -0.2) is 37.8 Å². The van der Waals surface area contributed by atoms with Crippen LogP contribution >= 0.6 is 0 Å².